The maximum absolute atomic E-state index is 11.8. The number of nitrogens with zero attached hydrogens (tertiary/aromatic N) is 1. The number of pyridine rings is 1. The number of hydrogen-bond acceptors (Lipinski definition) is 2. The molecular weight excluding hydrogens is 214 g/mol. The fourth-order valence-electron chi connectivity index (χ4n) is 2.31. The highest BCUT2D eigenvalue weighted by atomic mass is 16.5. The van der Waals surface area contributed by atoms with Crippen molar-refractivity contribution in [3.63, 3.8) is 0 Å². The van der Waals surface area contributed by atoms with Gasteiger partial charge in [0.15, 0.2) is 0 Å². The van der Waals surface area contributed by atoms with Crippen LogP contribution < -0.4 is 10.3 Å². The second-order valence-corrected chi connectivity index (χ2v) is 4.47. The SMILES string of the molecule is COc1cc(C)c(C)c2c(C)cc(=O)n(C)c12. The second-order valence-electron chi connectivity index (χ2n) is 4.47. The third kappa shape index (κ3) is 1.62. The number of aromatic nitrogens is 1. The van der Waals surface area contributed by atoms with Gasteiger partial charge >= 0.3 is 0 Å². The molecular formula is C14H17NO2. The van der Waals surface area contributed by atoms with Gasteiger partial charge in [-0.3, -0.25) is 4.79 Å². The molecule has 0 aliphatic rings. The van der Waals surface area contributed by atoms with E-state index in [4.69, 9.17) is 4.74 Å². The van der Waals surface area contributed by atoms with Crippen molar-refractivity contribution in [3.05, 3.63) is 39.2 Å². The Bertz CT molecular complexity index is 654. The van der Waals surface area contributed by atoms with Gasteiger partial charge in [-0.05, 0) is 43.5 Å². The van der Waals surface area contributed by atoms with Crippen molar-refractivity contribution < 1.29 is 4.74 Å². The Morgan fingerprint density at radius 1 is 1.12 bits per heavy atom. The molecule has 2 aromatic rings. The average molecular weight is 231 g/mol. The summed E-state index contributed by atoms with van der Waals surface area (Å²) in [5.41, 5.74) is 4.25. The van der Waals surface area contributed by atoms with Crippen LogP contribution in [-0.4, -0.2) is 11.7 Å². The first kappa shape index (κ1) is 11.7. The predicted molar refractivity (Wildman–Crippen MR) is 70.0 cm³/mol. The Balaban J connectivity index is 3.13. The van der Waals surface area contributed by atoms with Crippen LogP contribution in [0.5, 0.6) is 5.75 Å². The average Bonchev–Trinajstić information content (AvgIpc) is 2.29. The fourth-order valence-corrected chi connectivity index (χ4v) is 2.31. The lowest BCUT2D eigenvalue weighted by molar-refractivity contribution is 0.417. The van der Waals surface area contributed by atoms with E-state index in [-0.39, 0.29) is 5.56 Å². The molecule has 2 rings (SSSR count). The van der Waals surface area contributed by atoms with E-state index in [0.717, 1.165) is 22.2 Å². The van der Waals surface area contributed by atoms with Crippen molar-refractivity contribution in [1.29, 1.82) is 0 Å². The van der Waals surface area contributed by atoms with E-state index >= 15 is 0 Å². The minimum Gasteiger partial charge on any atom is -0.495 e. The van der Waals surface area contributed by atoms with Gasteiger partial charge in [0.2, 0.25) is 0 Å². The molecule has 0 atom stereocenters. The Morgan fingerprint density at radius 2 is 1.76 bits per heavy atom. The van der Waals surface area contributed by atoms with E-state index < -0.39 is 0 Å². The van der Waals surface area contributed by atoms with Gasteiger partial charge in [-0.25, -0.2) is 0 Å². The Hall–Kier alpha value is -1.77. The van der Waals surface area contributed by atoms with Crippen LogP contribution in [0.15, 0.2) is 16.9 Å². The first-order valence-corrected chi connectivity index (χ1v) is 5.62. The maximum atomic E-state index is 11.8. The molecule has 0 amide bonds. The van der Waals surface area contributed by atoms with E-state index in [1.54, 1.807) is 24.8 Å². The zero-order valence-corrected chi connectivity index (χ0v) is 10.9. The molecule has 17 heavy (non-hydrogen) atoms. The molecule has 0 saturated carbocycles. The summed E-state index contributed by atoms with van der Waals surface area (Å²) in [5, 5.41) is 1.11. The summed E-state index contributed by atoms with van der Waals surface area (Å²) in [6, 6.07) is 3.66. The molecule has 0 aliphatic heterocycles. The summed E-state index contributed by atoms with van der Waals surface area (Å²) in [5.74, 6) is 0.756. The van der Waals surface area contributed by atoms with Crippen LogP contribution in [0.25, 0.3) is 10.9 Å². The Morgan fingerprint density at radius 3 is 2.35 bits per heavy atom. The number of ether oxygens (including phenoxy) is 1. The van der Waals surface area contributed by atoms with Crippen molar-refractivity contribution in [2.75, 3.05) is 7.11 Å². The smallest absolute Gasteiger partial charge is 0.251 e. The zero-order valence-electron chi connectivity index (χ0n) is 10.9. The molecule has 3 nitrogen and oxygen atoms in total. The van der Waals surface area contributed by atoms with Crippen LogP contribution in [0, 0.1) is 20.8 Å². The third-order valence-electron chi connectivity index (χ3n) is 3.40. The number of benzene rings is 1. The first-order chi connectivity index (χ1) is 7.97. The molecule has 3 heteroatoms. The Kier molecular flexibility index (Phi) is 2.69. The van der Waals surface area contributed by atoms with Crippen LogP contribution in [-0.2, 0) is 7.05 Å². The van der Waals surface area contributed by atoms with Gasteiger partial charge in [-0.15, -0.1) is 0 Å². The van der Waals surface area contributed by atoms with E-state index in [1.807, 2.05) is 13.0 Å². The standard InChI is InChI=1S/C14H17NO2/c1-8-6-11(17-5)14-13(10(8)3)9(2)7-12(16)15(14)4/h6-7H,1-5H3. The minimum absolute atomic E-state index is 0.00319. The molecule has 0 fully saturated rings. The molecule has 0 aliphatic carbocycles. The van der Waals surface area contributed by atoms with Gasteiger partial charge in [0.05, 0.1) is 12.6 Å². The largest absolute Gasteiger partial charge is 0.495 e. The monoisotopic (exact) mass is 231 g/mol. The predicted octanol–water partition coefficient (Wildman–Crippen LogP) is 2.47. The van der Waals surface area contributed by atoms with E-state index in [9.17, 15) is 4.79 Å². The summed E-state index contributed by atoms with van der Waals surface area (Å²) < 4.78 is 7.04. The fraction of sp³-hybridized carbons (Fsp3) is 0.357. The van der Waals surface area contributed by atoms with Crippen LogP contribution in [0.4, 0.5) is 0 Å². The molecule has 0 saturated heterocycles. The lowest BCUT2D eigenvalue weighted by Gasteiger charge is -2.15. The molecule has 1 heterocycles. The highest BCUT2D eigenvalue weighted by molar-refractivity contribution is 5.91. The summed E-state index contributed by atoms with van der Waals surface area (Å²) in [7, 11) is 3.41. The maximum Gasteiger partial charge on any atom is 0.251 e. The highest BCUT2D eigenvalue weighted by Crippen LogP contribution is 2.31. The van der Waals surface area contributed by atoms with Crippen molar-refractivity contribution in [3.8, 4) is 5.75 Å². The number of rotatable bonds is 1. The van der Waals surface area contributed by atoms with Crippen molar-refractivity contribution in [2.45, 2.75) is 20.8 Å². The third-order valence-corrected chi connectivity index (χ3v) is 3.40. The molecule has 0 N–H and O–H groups in total. The minimum atomic E-state index is -0.00319. The lowest BCUT2D eigenvalue weighted by Crippen LogP contribution is -2.17. The number of hydrogen-bond donors (Lipinski definition) is 0. The summed E-state index contributed by atoms with van der Waals surface area (Å²) in [6.45, 7) is 6.10. The van der Waals surface area contributed by atoms with E-state index in [0.29, 0.717) is 0 Å². The van der Waals surface area contributed by atoms with Gasteiger partial charge in [0.25, 0.3) is 5.56 Å². The number of methoxy groups -OCH3 is 1. The van der Waals surface area contributed by atoms with Crippen LogP contribution in [0.2, 0.25) is 0 Å². The van der Waals surface area contributed by atoms with Crippen molar-refractivity contribution in [2.24, 2.45) is 7.05 Å². The van der Waals surface area contributed by atoms with Crippen LogP contribution in [0.3, 0.4) is 0 Å². The highest BCUT2D eigenvalue weighted by Gasteiger charge is 2.13. The first-order valence-electron chi connectivity index (χ1n) is 5.62. The molecule has 90 valence electrons. The normalized spacial score (nSPS) is 10.9. The van der Waals surface area contributed by atoms with E-state index in [2.05, 4.69) is 13.8 Å². The zero-order chi connectivity index (χ0) is 12.7. The molecule has 1 aromatic carbocycles. The van der Waals surface area contributed by atoms with Crippen molar-refractivity contribution >= 4 is 10.9 Å². The van der Waals surface area contributed by atoms with Gasteiger partial charge in [0.1, 0.15) is 5.75 Å². The Labute approximate surface area is 101 Å². The summed E-state index contributed by atoms with van der Waals surface area (Å²) in [6.07, 6.45) is 0. The molecule has 0 radical (unpaired) electrons. The molecule has 0 unspecified atom stereocenters. The number of fused-ring (bicyclic) bond motifs is 1. The van der Waals surface area contributed by atoms with Crippen molar-refractivity contribution in [1.82, 2.24) is 4.57 Å². The summed E-state index contributed by atoms with van der Waals surface area (Å²) in [4.78, 5) is 11.8. The van der Waals surface area contributed by atoms with Crippen LogP contribution in [0.1, 0.15) is 16.7 Å². The summed E-state index contributed by atoms with van der Waals surface area (Å²) >= 11 is 0. The lowest BCUT2D eigenvalue weighted by atomic mass is 9.99. The van der Waals surface area contributed by atoms with Gasteiger partial charge in [-0.2, -0.15) is 0 Å². The second kappa shape index (κ2) is 3.91. The quantitative estimate of drug-likeness (QED) is 0.755. The molecule has 0 bridgehead atoms. The van der Waals surface area contributed by atoms with E-state index in [1.165, 1.54) is 11.1 Å². The van der Waals surface area contributed by atoms with Gasteiger partial charge in [-0.1, -0.05) is 0 Å². The molecule has 1 aromatic heterocycles. The van der Waals surface area contributed by atoms with Gasteiger partial charge < -0.3 is 9.30 Å². The number of aryl methyl sites for hydroxylation is 4. The van der Waals surface area contributed by atoms with Gasteiger partial charge in [0, 0.05) is 18.5 Å². The topological polar surface area (TPSA) is 31.2 Å². The molecule has 0 spiro atoms. The van der Waals surface area contributed by atoms with Crippen LogP contribution >= 0.6 is 0 Å².